The molecule has 1 unspecified atom stereocenters. The minimum atomic E-state index is -3.65. The molecule has 0 saturated carbocycles. The van der Waals surface area contributed by atoms with E-state index in [0.29, 0.717) is 6.61 Å². The average Bonchev–Trinajstić information content (AvgIpc) is 2.46. The SMILES string of the molecule is O=S(=O)(C(Br)=NOC1CCCCO1)c1ccccc1. The Morgan fingerprint density at radius 2 is 2.05 bits per heavy atom. The number of rotatable bonds is 3. The van der Waals surface area contributed by atoms with E-state index in [9.17, 15) is 8.42 Å². The van der Waals surface area contributed by atoms with Gasteiger partial charge in [-0.15, -0.1) is 0 Å². The van der Waals surface area contributed by atoms with E-state index < -0.39 is 16.1 Å². The van der Waals surface area contributed by atoms with Crippen molar-refractivity contribution in [1.29, 1.82) is 0 Å². The molecule has 1 aromatic rings. The van der Waals surface area contributed by atoms with E-state index in [1.165, 1.54) is 12.1 Å². The lowest BCUT2D eigenvalue weighted by atomic mass is 10.2. The Kier molecular flexibility index (Phi) is 4.95. The van der Waals surface area contributed by atoms with Crippen LogP contribution >= 0.6 is 15.9 Å². The predicted octanol–water partition coefficient (Wildman–Crippen LogP) is 2.67. The van der Waals surface area contributed by atoms with Crippen LogP contribution in [0.1, 0.15) is 19.3 Å². The molecule has 5 nitrogen and oxygen atoms in total. The number of ether oxygens (including phenoxy) is 1. The molecular formula is C12H14BrNO4S. The Hall–Kier alpha value is -0.920. The number of hydrogen-bond acceptors (Lipinski definition) is 5. The summed E-state index contributed by atoms with van der Waals surface area (Å²) in [5.41, 5.74) is 0. The van der Waals surface area contributed by atoms with Crippen molar-refractivity contribution in [3.8, 4) is 0 Å². The van der Waals surface area contributed by atoms with Gasteiger partial charge in [0.05, 0.1) is 11.5 Å². The highest BCUT2D eigenvalue weighted by Gasteiger charge is 2.22. The number of oxime groups is 1. The van der Waals surface area contributed by atoms with Gasteiger partial charge in [0.15, 0.2) is 0 Å². The van der Waals surface area contributed by atoms with Crippen LogP contribution in [0, 0.1) is 0 Å². The van der Waals surface area contributed by atoms with Gasteiger partial charge in [0.1, 0.15) is 0 Å². The van der Waals surface area contributed by atoms with Crippen molar-refractivity contribution in [2.24, 2.45) is 5.16 Å². The van der Waals surface area contributed by atoms with Crippen LogP contribution in [0.15, 0.2) is 40.4 Å². The van der Waals surface area contributed by atoms with Crippen molar-refractivity contribution in [3.63, 3.8) is 0 Å². The molecule has 0 spiro atoms. The number of halogens is 1. The van der Waals surface area contributed by atoms with Crippen molar-refractivity contribution in [2.45, 2.75) is 30.4 Å². The summed E-state index contributed by atoms with van der Waals surface area (Å²) in [7, 11) is -3.65. The first-order valence-corrected chi connectivity index (χ1v) is 8.19. The monoisotopic (exact) mass is 347 g/mol. The third-order valence-electron chi connectivity index (χ3n) is 2.66. The van der Waals surface area contributed by atoms with Gasteiger partial charge in [0, 0.05) is 6.42 Å². The second-order valence-corrected chi connectivity index (χ2v) is 7.20. The molecule has 1 aliphatic heterocycles. The summed E-state index contributed by atoms with van der Waals surface area (Å²) in [5.74, 6) is 0. The maximum atomic E-state index is 12.1. The lowest BCUT2D eigenvalue weighted by molar-refractivity contribution is -0.161. The van der Waals surface area contributed by atoms with Crippen LogP contribution in [0.3, 0.4) is 0 Å². The standard InChI is InChI=1S/C12H14BrNO4S/c13-12(14-18-11-8-4-5-9-17-11)19(15,16)10-6-2-1-3-7-10/h1-3,6-7,11H,4-5,8-9H2. The molecule has 0 bridgehead atoms. The molecule has 1 aromatic carbocycles. The quantitative estimate of drug-likeness (QED) is 0.479. The number of benzene rings is 1. The molecule has 2 rings (SSSR count). The maximum absolute atomic E-state index is 12.1. The highest BCUT2D eigenvalue weighted by Crippen LogP contribution is 2.18. The minimum Gasteiger partial charge on any atom is -0.362 e. The zero-order valence-electron chi connectivity index (χ0n) is 10.2. The maximum Gasteiger partial charge on any atom is 0.241 e. The first-order chi connectivity index (χ1) is 9.10. The highest BCUT2D eigenvalue weighted by atomic mass is 79.9. The molecule has 1 fully saturated rings. The van der Waals surface area contributed by atoms with Gasteiger partial charge in [-0.2, -0.15) is 0 Å². The van der Waals surface area contributed by atoms with Crippen molar-refractivity contribution in [3.05, 3.63) is 30.3 Å². The van der Waals surface area contributed by atoms with E-state index >= 15 is 0 Å². The topological polar surface area (TPSA) is 65.0 Å². The molecule has 0 aliphatic carbocycles. The van der Waals surface area contributed by atoms with Crippen LogP contribution in [0.2, 0.25) is 0 Å². The van der Waals surface area contributed by atoms with E-state index in [2.05, 4.69) is 21.1 Å². The Balaban J connectivity index is 2.07. The average molecular weight is 348 g/mol. The zero-order valence-corrected chi connectivity index (χ0v) is 12.6. The van der Waals surface area contributed by atoms with Crippen molar-refractivity contribution in [1.82, 2.24) is 0 Å². The van der Waals surface area contributed by atoms with Gasteiger partial charge in [-0.3, -0.25) is 0 Å². The third kappa shape index (κ3) is 3.77. The van der Waals surface area contributed by atoms with E-state index in [-0.39, 0.29) is 8.85 Å². The molecule has 0 amide bonds. The van der Waals surface area contributed by atoms with Crippen LogP contribution < -0.4 is 0 Å². The van der Waals surface area contributed by atoms with Crippen molar-refractivity contribution >= 4 is 29.7 Å². The van der Waals surface area contributed by atoms with Gasteiger partial charge in [0.25, 0.3) is 0 Å². The molecule has 0 radical (unpaired) electrons. The molecule has 0 N–H and O–H groups in total. The number of hydrogen-bond donors (Lipinski definition) is 0. The van der Waals surface area contributed by atoms with E-state index in [1.807, 2.05) is 0 Å². The van der Waals surface area contributed by atoms with E-state index in [0.717, 1.165) is 19.3 Å². The molecular weight excluding hydrogens is 334 g/mol. The highest BCUT2D eigenvalue weighted by molar-refractivity contribution is 9.21. The Bertz CT molecular complexity index is 538. The first kappa shape index (κ1) is 14.5. The molecule has 104 valence electrons. The van der Waals surface area contributed by atoms with Crippen LogP contribution in [0.5, 0.6) is 0 Å². The molecule has 0 aromatic heterocycles. The van der Waals surface area contributed by atoms with Crippen LogP contribution in [0.25, 0.3) is 0 Å². The van der Waals surface area contributed by atoms with E-state index in [1.54, 1.807) is 18.2 Å². The summed E-state index contributed by atoms with van der Waals surface area (Å²) in [6, 6.07) is 8.05. The summed E-state index contributed by atoms with van der Waals surface area (Å²) >= 11 is 2.94. The van der Waals surface area contributed by atoms with Gasteiger partial charge < -0.3 is 9.57 Å². The van der Waals surface area contributed by atoms with Crippen molar-refractivity contribution < 1.29 is 18.0 Å². The molecule has 1 atom stereocenters. The number of nitrogens with zero attached hydrogens (tertiary/aromatic N) is 1. The summed E-state index contributed by atoms with van der Waals surface area (Å²) in [5, 5.41) is 3.62. The Labute approximate surface area is 120 Å². The largest absolute Gasteiger partial charge is 0.362 e. The minimum absolute atomic E-state index is 0.166. The predicted molar refractivity (Wildman–Crippen MR) is 74.7 cm³/mol. The second-order valence-electron chi connectivity index (χ2n) is 4.06. The number of sulfone groups is 1. The molecule has 1 saturated heterocycles. The van der Waals surface area contributed by atoms with Gasteiger partial charge in [-0.25, -0.2) is 8.42 Å². The van der Waals surface area contributed by atoms with Crippen LogP contribution in [-0.4, -0.2) is 25.3 Å². The molecule has 1 aliphatic rings. The lowest BCUT2D eigenvalue weighted by Gasteiger charge is -2.20. The van der Waals surface area contributed by atoms with Crippen LogP contribution in [0.4, 0.5) is 0 Å². The van der Waals surface area contributed by atoms with Gasteiger partial charge in [0.2, 0.25) is 20.1 Å². The molecule has 1 heterocycles. The summed E-state index contributed by atoms with van der Waals surface area (Å²) in [6.07, 6.45) is 2.23. The fourth-order valence-corrected chi connectivity index (χ4v) is 3.14. The fraction of sp³-hybridized carbons (Fsp3) is 0.417. The fourth-order valence-electron chi connectivity index (χ4n) is 1.64. The normalized spacial score (nSPS) is 21.1. The second kappa shape index (κ2) is 6.49. The first-order valence-electron chi connectivity index (χ1n) is 5.92. The summed E-state index contributed by atoms with van der Waals surface area (Å²) in [6.45, 7) is 0.614. The summed E-state index contributed by atoms with van der Waals surface area (Å²) in [4.78, 5) is 5.26. The third-order valence-corrected chi connectivity index (χ3v) is 5.49. The van der Waals surface area contributed by atoms with Gasteiger partial charge in [-0.1, -0.05) is 23.4 Å². The Morgan fingerprint density at radius 3 is 2.68 bits per heavy atom. The van der Waals surface area contributed by atoms with Crippen LogP contribution in [-0.2, 0) is 19.4 Å². The lowest BCUT2D eigenvalue weighted by Crippen LogP contribution is -2.21. The van der Waals surface area contributed by atoms with E-state index in [4.69, 9.17) is 9.57 Å². The smallest absolute Gasteiger partial charge is 0.241 e. The Morgan fingerprint density at radius 1 is 1.32 bits per heavy atom. The zero-order chi connectivity index (χ0) is 13.7. The summed E-state index contributed by atoms with van der Waals surface area (Å²) < 4.78 is 29.3. The van der Waals surface area contributed by atoms with Gasteiger partial charge >= 0.3 is 0 Å². The molecule has 19 heavy (non-hydrogen) atoms. The van der Waals surface area contributed by atoms with Crippen molar-refractivity contribution in [2.75, 3.05) is 6.61 Å². The molecule has 7 heteroatoms. The van der Waals surface area contributed by atoms with Gasteiger partial charge in [-0.05, 0) is 40.9 Å².